The highest BCUT2D eigenvalue weighted by Gasteiger charge is 2.30. The van der Waals surface area contributed by atoms with Crippen LogP contribution in [0.5, 0.6) is 0 Å². The van der Waals surface area contributed by atoms with Gasteiger partial charge in [0.05, 0.1) is 23.1 Å². The first kappa shape index (κ1) is 14.9. The Kier molecular flexibility index (Phi) is 3.57. The summed E-state index contributed by atoms with van der Waals surface area (Å²) in [6, 6.07) is 16.8. The van der Waals surface area contributed by atoms with Gasteiger partial charge in [0.2, 0.25) is 0 Å². The number of benzene rings is 2. The van der Waals surface area contributed by atoms with Gasteiger partial charge in [0.25, 0.3) is 0 Å². The lowest BCUT2D eigenvalue weighted by Gasteiger charge is -2.23. The van der Waals surface area contributed by atoms with Crippen molar-refractivity contribution in [3.05, 3.63) is 82.7 Å². The molecule has 0 saturated heterocycles. The monoisotopic (exact) mass is 316 g/mol. The summed E-state index contributed by atoms with van der Waals surface area (Å²) < 4.78 is 1.93. The molecular formula is C21H20N2O. The quantitative estimate of drug-likeness (QED) is 0.702. The second kappa shape index (κ2) is 5.75. The van der Waals surface area contributed by atoms with Crippen molar-refractivity contribution < 1.29 is 4.79 Å². The molecular weight excluding hydrogens is 296 g/mol. The van der Waals surface area contributed by atoms with E-state index in [1.54, 1.807) is 6.20 Å². The number of carbonyl (C=O) groups is 1. The van der Waals surface area contributed by atoms with Gasteiger partial charge in [-0.15, -0.1) is 0 Å². The molecule has 4 rings (SSSR count). The van der Waals surface area contributed by atoms with E-state index in [4.69, 9.17) is 0 Å². The van der Waals surface area contributed by atoms with Gasteiger partial charge in [-0.3, -0.25) is 4.79 Å². The zero-order valence-corrected chi connectivity index (χ0v) is 14.0. The SMILES string of the molecule is Cc1ccc(C2CC(=O)c3cnn(-c4cccc(C)c4)c3C2)cc1. The van der Waals surface area contributed by atoms with Crippen LogP contribution in [-0.2, 0) is 6.42 Å². The predicted octanol–water partition coefficient (Wildman–Crippen LogP) is 4.40. The molecule has 1 atom stereocenters. The van der Waals surface area contributed by atoms with Crippen molar-refractivity contribution in [3.63, 3.8) is 0 Å². The molecule has 1 aliphatic carbocycles. The predicted molar refractivity (Wildman–Crippen MR) is 94.9 cm³/mol. The van der Waals surface area contributed by atoms with Gasteiger partial charge in [-0.2, -0.15) is 5.10 Å². The van der Waals surface area contributed by atoms with E-state index in [1.807, 2.05) is 16.8 Å². The lowest BCUT2D eigenvalue weighted by atomic mass is 9.82. The third-order valence-corrected chi connectivity index (χ3v) is 4.84. The molecule has 1 heterocycles. The molecule has 0 spiro atoms. The number of carbonyl (C=O) groups excluding carboxylic acids is 1. The molecule has 0 radical (unpaired) electrons. The van der Waals surface area contributed by atoms with Crippen LogP contribution in [0.4, 0.5) is 0 Å². The van der Waals surface area contributed by atoms with Gasteiger partial charge in [-0.1, -0.05) is 42.0 Å². The fourth-order valence-electron chi connectivity index (χ4n) is 3.50. The molecule has 0 saturated carbocycles. The third kappa shape index (κ3) is 2.56. The smallest absolute Gasteiger partial charge is 0.166 e. The molecule has 1 aromatic heterocycles. The van der Waals surface area contributed by atoms with Crippen LogP contribution in [0.2, 0.25) is 0 Å². The highest BCUT2D eigenvalue weighted by molar-refractivity contribution is 5.98. The van der Waals surface area contributed by atoms with Gasteiger partial charge in [0, 0.05) is 6.42 Å². The minimum atomic E-state index is 0.195. The van der Waals surface area contributed by atoms with E-state index in [1.165, 1.54) is 16.7 Å². The number of fused-ring (bicyclic) bond motifs is 1. The maximum absolute atomic E-state index is 12.6. The maximum Gasteiger partial charge on any atom is 0.166 e. The average Bonchev–Trinajstić information content (AvgIpc) is 3.00. The summed E-state index contributed by atoms with van der Waals surface area (Å²) in [7, 11) is 0. The molecule has 0 amide bonds. The van der Waals surface area contributed by atoms with Crippen LogP contribution < -0.4 is 0 Å². The second-order valence-electron chi connectivity index (χ2n) is 6.69. The Morgan fingerprint density at radius 3 is 2.54 bits per heavy atom. The van der Waals surface area contributed by atoms with Crippen molar-refractivity contribution in [2.24, 2.45) is 0 Å². The number of rotatable bonds is 2. The lowest BCUT2D eigenvalue weighted by Crippen LogP contribution is -2.20. The Morgan fingerprint density at radius 2 is 1.79 bits per heavy atom. The van der Waals surface area contributed by atoms with Gasteiger partial charge in [-0.25, -0.2) is 4.68 Å². The third-order valence-electron chi connectivity index (χ3n) is 4.84. The molecule has 0 fully saturated rings. The first-order chi connectivity index (χ1) is 11.6. The Labute approximate surface area is 141 Å². The van der Waals surface area contributed by atoms with Crippen LogP contribution in [0.1, 0.15) is 45.1 Å². The van der Waals surface area contributed by atoms with E-state index in [0.29, 0.717) is 6.42 Å². The summed E-state index contributed by atoms with van der Waals surface area (Å²) in [4.78, 5) is 12.6. The molecule has 0 aliphatic heterocycles. The second-order valence-corrected chi connectivity index (χ2v) is 6.69. The summed E-state index contributed by atoms with van der Waals surface area (Å²) in [5, 5.41) is 4.50. The molecule has 3 aromatic rings. The van der Waals surface area contributed by atoms with Crippen LogP contribution in [0.3, 0.4) is 0 Å². The van der Waals surface area contributed by atoms with Crippen LogP contribution in [-0.4, -0.2) is 15.6 Å². The van der Waals surface area contributed by atoms with Crippen molar-refractivity contribution >= 4 is 5.78 Å². The number of hydrogen-bond donors (Lipinski definition) is 0. The van der Waals surface area contributed by atoms with Crippen molar-refractivity contribution in [1.29, 1.82) is 0 Å². The normalized spacial score (nSPS) is 16.9. The first-order valence-electron chi connectivity index (χ1n) is 8.35. The van der Waals surface area contributed by atoms with Crippen LogP contribution >= 0.6 is 0 Å². The molecule has 3 nitrogen and oxygen atoms in total. The average molecular weight is 316 g/mol. The molecule has 1 aliphatic rings. The number of nitrogens with zero attached hydrogens (tertiary/aromatic N) is 2. The van der Waals surface area contributed by atoms with E-state index >= 15 is 0 Å². The van der Waals surface area contributed by atoms with Crippen molar-refractivity contribution in [1.82, 2.24) is 9.78 Å². The highest BCUT2D eigenvalue weighted by Crippen LogP contribution is 2.33. The summed E-state index contributed by atoms with van der Waals surface area (Å²) in [5.41, 5.74) is 6.49. The van der Waals surface area contributed by atoms with Gasteiger partial charge >= 0.3 is 0 Å². The molecule has 2 aromatic carbocycles. The minimum Gasteiger partial charge on any atom is -0.294 e. The number of aromatic nitrogens is 2. The van der Waals surface area contributed by atoms with Gasteiger partial charge < -0.3 is 0 Å². The summed E-state index contributed by atoms with van der Waals surface area (Å²) in [6.07, 6.45) is 3.14. The molecule has 24 heavy (non-hydrogen) atoms. The Hall–Kier alpha value is -2.68. The summed E-state index contributed by atoms with van der Waals surface area (Å²) in [5.74, 6) is 0.423. The van der Waals surface area contributed by atoms with Crippen molar-refractivity contribution in [3.8, 4) is 5.69 Å². The Balaban J connectivity index is 1.75. The highest BCUT2D eigenvalue weighted by atomic mass is 16.1. The largest absolute Gasteiger partial charge is 0.294 e. The molecule has 0 bridgehead atoms. The van der Waals surface area contributed by atoms with E-state index in [9.17, 15) is 4.79 Å². The van der Waals surface area contributed by atoms with E-state index in [-0.39, 0.29) is 11.7 Å². The molecule has 1 unspecified atom stereocenters. The number of Topliss-reactive ketones (excluding diaryl/α,β-unsaturated/α-hetero) is 1. The standard InChI is InChI=1S/C21H20N2O/c1-14-6-8-16(9-7-14)17-11-20-19(21(24)12-17)13-22-23(20)18-5-3-4-15(2)10-18/h3-10,13,17H,11-12H2,1-2H3. The van der Waals surface area contributed by atoms with Crippen LogP contribution in [0, 0.1) is 13.8 Å². The fourth-order valence-corrected chi connectivity index (χ4v) is 3.50. The maximum atomic E-state index is 12.6. The number of aryl methyl sites for hydroxylation is 2. The zero-order chi connectivity index (χ0) is 16.7. The van der Waals surface area contributed by atoms with Gasteiger partial charge in [-0.05, 0) is 49.4 Å². The number of ketones is 1. The van der Waals surface area contributed by atoms with Crippen molar-refractivity contribution in [2.75, 3.05) is 0 Å². The summed E-state index contributed by atoms with van der Waals surface area (Å²) in [6.45, 7) is 4.15. The number of hydrogen-bond acceptors (Lipinski definition) is 2. The van der Waals surface area contributed by atoms with E-state index in [0.717, 1.165) is 23.4 Å². The van der Waals surface area contributed by atoms with E-state index < -0.39 is 0 Å². The molecule has 3 heteroatoms. The van der Waals surface area contributed by atoms with Crippen molar-refractivity contribution in [2.45, 2.75) is 32.6 Å². The molecule has 120 valence electrons. The zero-order valence-electron chi connectivity index (χ0n) is 14.0. The fraction of sp³-hybridized carbons (Fsp3) is 0.238. The minimum absolute atomic E-state index is 0.195. The first-order valence-corrected chi connectivity index (χ1v) is 8.35. The van der Waals surface area contributed by atoms with Gasteiger partial charge in [0.15, 0.2) is 5.78 Å². The Morgan fingerprint density at radius 1 is 1.00 bits per heavy atom. The van der Waals surface area contributed by atoms with E-state index in [2.05, 4.69) is 55.3 Å². The Bertz CT molecular complexity index is 906. The van der Waals surface area contributed by atoms with Crippen LogP contribution in [0.25, 0.3) is 5.69 Å². The van der Waals surface area contributed by atoms with Crippen LogP contribution in [0.15, 0.2) is 54.7 Å². The lowest BCUT2D eigenvalue weighted by molar-refractivity contribution is 0.0964. The molecule has 0 N–H and O–H groups in total. The summed E-state index contributed by atoms with van der Waals surface area (Å²) >= 11 is 0. The van der Waals surface area contributed by atoms with Gasteiger partial charge in [0.1, 0.15) is 0 Å². The topological polar surface area (TPSA) is 34.9 Å².